The molecule has 0 spiro atoms. The molecule has 2 aromatic rings. The maximum atomic E-state index is 12.2. The molecule has 0 unspecified atom stereocenters. The summed E-state index contributed by atoms with van der Waals surface area (Å²) in [5.74, 6) is 0.120. The second-order valence-corrected chi connectivity index (χ2v) is 5.76. The largest absolute Gasteiger partial charge is 0.361 e. The number of anilines is 1. The molecular weight excluding hydrogens is 282 g/mol. The molecule has 0 saturated heterocycles. The predicted molar refractivity (Wildman–Crippen MR) is 71.8 cm³/mol. The van der Waals surface area contributed by atoms with E-state index in [0.717, 1.165) is 0 Å². The van der Waals surface area contributed by atoms with E-state index in [1.54, 1.807) is 14.0 Å². The van der Waals surface area contributed by atoms with Crippen LogP contribution in [0.3, 0.4) is 0 Å². The highest BCUT2D eigenvalue weighted by Crippen LogP contribution is 2.19. The molecule has 0 bridgehead atoms. The normalized spacial score (nSPS) is 11.3. The van der Waals surface area contributed by atoms with Crippen LogP contribution in [0.2, 0.25) is 0 Å². The van der Waals surface area contributed by atoms with E-state index in [0.29, 0.717) is 17.0 Å². The van der Waals surface area contributed by atoms with Crippen LogP contribution in [-0.2, 0) is 10.0 Å². The summed E-state index contributed by atoms with van der Waals surface area (Å²) >= 11 is 0. The molecule has 2 rings (SSSR count). The Labute approximate surface area is 116 Å². The number of primary sulfonamides is 1. The minimum Gasteiger partial charge on any atom is -0.361 e. The van der Waals surface area contributed by atoms with Gasteiger partial charge in [0.25, 0.3) is 5.91 Å². The number of aryl methyl sites for hydroxylation is 1. The van der Waals surface area contributed by atoms with Gasteiger partial charge in [-0.1, -0.05) is 5.16 Å². The Morgan fingerprint density at radius 1 is 1.30 bits per heavy atom. The van der Waals surface area contributed by atoms with E-state index in [2.05, 4.69) is 5.16 Å². The van der Waals surface area contributed by atoms with Crippen LogP contribution in [0.4, 0.5) is 5.69 Å². The summed E-state index contributed by atoms with van der Waals surface area (Å²) in [5.41, 5.74) is 0.881. The first kappa shape index (κ1) is 14.2. The monoisotopic (exact) mass is 295 g/mol. The molecule has 1 aromatic heterocycles. The number of nitrogens with zero attached hydrogens (tertiary/aromatic N) is 2. The highest BCUT2D eigenvalue weighted by atomic mass is 32.2. The molecule has 0 fully saturated rings. The van der Waals surface area contributed by atoms with Crippen LogP contribution in [0.15, 0.2) is 39.9 Å². The summed E-state index contributed by atoms with van der Waals surface area (Å²) in [5, 5.41) is 8.56. The van der Waals surface area contributed by atoms with Gasteiger partial charge in [-0.25, -0.2) is 13.6 Å². The van der Waals surface area contributed by atoms with Gasteiger partial charge in [-0.2, -0.15) is 0 Å². The molecular formula is C12H13N3O4S. The molecule has 0 atom stereocenters. The molecule has 106 valence electrons. The molecule has 0 aliphatic rings. The quantitative estimate of drug-likeness (QED) is 0.905. The van der Waals surface area contributed by atoms with Gasteiger partial charge in [-0.3, -0.25) is 4.79 Å². The summed E-state index contributed by atoms with van der Waals surface area (Å²) < 4.78 is 27.2. The third-order valence-electron chi connectivity index (χ3n) is 2.84. The fourth-order valence-corrected chi connectivity index (χ4v) is 2.18. The van der Waals surface area contributed by atoms with Crippen molar-refractivity contribution >= 4 is 21.6 Å². The minimum atomic E-state index is -3.74. The van der Waals surface area contributed by atoms with E-state index in [1.165, 1.54) is 35.4 Å². The Balaban J connectivity index is 2.28. The van der Waals surface area contributed by atoms with Crippen LogP contribution in [0.5, 0.6) is 0 Å². The fourth-order valence-electron chi connectivity index (χ4n) is 1.66. The Kier molecular flexibility index (Phi) is 3.60. The highest BCUT2D eigenvalue weighted by Gasteiger charge is 2.19. The number of carbonyl (C=O) groups is 1. The molecule has 1 heterocycles. The standard InChI is InChI=1S/C12H13N3O4S/c1-8-11(7-14-19-8)12(16)15(2)9-3-5-10(6-4-9)20(13,17)18/h3-7H,1-2H3,(H2,13,17,18). The number of aromatic nitrogens is 1. The molecule has 7 nitrogen and oxygen atoms in total. The summed E-state index contributed by atoms with van der Waals surface area (Å²) in [6.07, 6.45) is 1.34. The zero-order valence-corrected chi connectivity index (χ0v) is 11.7. The van der Waals surface area contributed by atoms with Crippen molar-refractivity contribution in [3.8, 4) is 0 Å². The van der Waals surface area contributed by atoms with Gasteiger partial charge >= 0.3 is 0 Å². The van der Waals surface area contributed by atoms with Gasteiger partial charge in [-0.05, 0) is 31.2 Å². The number of hydrogen-bond donors (Lipinski definition) is 1. The van der Waals surface area contributed by atoms with Gasteiger partial charge in [0.05, 0.1) is 11.1 Å². The van der Waals surface area contributed by atoms with E-state index in [1.807, 2.05) is 0 Å². The smallest absolute Gasteiger partial charge is 0.263 e. The number of carbonyl (C=O) groups excluding carboxylic acids is 1. The number of sulfonamides is 1. The van der Waals surface area contributed by atoms with Crippen molar-refractivity contribution in [3.63, 3.8) is 0 Å². The molecule has 1 amide bonds. The van der Waals surface area contributed by atoms with E-state index < -0.39 is 10.0 Å². The van der Waals surface area contributed by atoms with Gasteiger partial charge in [0, 0.05) is 12.7 Å². The Bertz CT molecular complexity index is 734. The topological polar surface area (TPSA) is 106 Å². The van der Waals surface area contributed by atoms with E-state index in [4.69, 9.17) is 9.66 Å². The predicted octanol–water partition coefficient (Wildman–Crippen LogP) is 0.907. The molecule has 0 aliphatic carbocycles. The second kappa shape index (κ2) is 5.06. The lowest BCUT2D eigenvalue weighted by atomic mass is 10.2. The van der Waals surface area contributed by atoms with Crippen molar-refractivity contribution in [3.05, 3.63) is 41.8 Å². The third-order valence-corrected chi connectivity index (χ3v) is 3.77. The van der Waals surface area contributed by atoms with Gasteiger partial charge in [0.15, 0.2) is 0 Å². The van der Waals surface area contributed by atoms with Crippen LogP contribution in [-0.4, -0.2) is 26.5 Å². The molecule has 1 aromatic carbocycles. The van der Waals surface area contributed by atoms with Crippen molar-refractivity contribution in [2.24, 2.45) is 5.14 Å². The number of benzene rings is 1. The van der Waals surface area contributed by atoms with Crippen LogP contribution in [0, 0.1) is 6.92 Å². The average molecular weight is 295 g/mol. The Hall–Kier alpha value is -2.19. The summed E-state index contributed by atoms with van der Waals surface area (Å²) in [4.78, 5) is 13.5. The van der Waals surface area contributed by atoms with Crippen LogP contribution in [0.25, 0.3) is 0 Å². The molecule has 0 aliphatic heterocycles. The number of rotatable bonds is 3. The molecule has 2 N–H and O–H groups in total. The van der Waals surface area contributed by atoms with Gasteiger partial charge in [0.2, 0.25) is 10.0 Å². The maximum Gasteiger partial charge on any atom is 0.263 e. The van der Waals surface area contributed by atoms with E-state index in [-0.39, 0.29) is 10.8 Å². The van der Waals surface area contributed by atoms with Crippen molar-refractivity contribution < 1.29 is 17.7 Å². The number of nitrogens with two attached hydrogens (primary N) is 1. The zero-order chi connectivity index (χ0) is 14.9. The molecule has 0 radical (unpaired) electrons. The summed E-state index contributed by atoms with van der Waals surface area (Å²) in [7, 11) is -2.17. The molecule has 8 heteroatoms. The van der Waals surface area contributed by atoms with Gasteiger partial charge < -0.3 is 9.42 Å². The second-order valence-electron chi connectivity index (χ2n) is 4.20. The van der Waals surface area contributed by atoms with Gasteiger partial charge in [-0.15, -0.1) is 0 Å². The SMILES string of the molecule is Cc1oncc1C(=O)N(C)c1ccc(S(N)(=O)=O)cc1. The van der Waals surface area contributed by atoms with Crippen molar-refractivity contribution in [2.75, 3.05) is 11.9 Å². The Morgan fingerprint density at radius 3 is 2.35 bits per heavy atom. The maximum absolute atomic E-state index is 12.2. The van der Waals surface area contributed by atoms with E-state index >= 15 is 0 Å². The zero-order valence-electron chi connectivity index (χ0n) is 10.9. The lowest BCUT2D eigenvalue weighted by molar-refractivity contribution is 0.0991. The highest BCUT2D eigenvalue weighted by molar-refractivity contribution is 7.89. The van der Waals surface area contributed by atoms with Gasteiger partial charge in [0.1, 0.15) is 11.3 Å². The number of amides is 1. The van der Waals surface area contributed by atoms with Crippen LogP contribution in [0.1, 0.15) is 16.1 Å². The first-order valence-electron chi connectivity index (χ1n) is 5.63. The fraction of sp³-hybridized carbons (Fsp3) is 0.167. The molecule has 20 heavy (non-hydrogen) atoms. The first-order valence-corrected chi connectivity index (χ1v) is 7.17. The van der Waals surface area contributed by atoms with Crippen LogP contribution >= 0.6 is 0 Å². The van der Waals surface area contributed by atoms with Crippen LogP contribution < -0.4 is 10.0 Å². The molecule has 0 saturated carbocycles. The van der Waals surface area contributed by atoms with Crippen molar-refractivity contribution in [2.45, 2.75) is 11.8 Å². The number of hydrogen-bond acceptors (Lipinski definition) is 5. The average Bonchev–Trinajstić information content (AvgIpc) is 2.82. The first-order chi connectivity index (χ1) is 9.30. The third kappa shape index (κ3) is 2.70. The Morgan fingerprint density at radius 2 is 1.90 bits per heavy atom. The van der Waals surface area contributed by atoms with Crippen molar-refractivity contribution in [1.82, 2.24) is 5.16 Å². The summed E-state index contributed by atoms with van der Waals surface area (Å²) in [6, 6.07) is 5.69. The summed E-state index contributed by atoms with van der Waals surface area (Å²) in [6.45, 7) is 1.64. The van der Waals surface area contributed by atoms with E-state index in [9.17, 15) is 13.2 Å². The lowest BCUT2D eigenvalue weighted by Crippen LogP contribution is -2.26. The lowest BCUT2D eigenvalue weighted by Gasteiger charge is -2.16. The van der Waals surface area contributed by atoms with Crippen molar-refractivity contribution in [1.29, 1.82) is 0 Å². The minimum absolute atomic E-state index is 0.0109.